The fraction of sp³-hybridized carbons (Fsp3) is 0.500. The molecule has 0 aromatic heterocycles. The van der Waals surface area contributed by atoms with Gasteiger partial charge in [0.15, 0.2) is 0 Å². The van der Waals surface area contributed by atoms with Crippen molar-refractivity contribution >= 4 is 11.6 Å². The van der Waals surface area contributed by atoms with E-state index in [4.69, 9.17) is 5.73 Å². The van der Waals surface area contributed by atoms with Crippen molar-refractivity contribution in [3.63, 3.8) is 0 Å². The van der Waals surface area contributed by atoms with Gasteiger partial charge in [-0.05, 0) is 18.4 Å². The number of amides is 1. The maximum absolute atomic E-state index is 12.1. The number of hydrogen-bond donors (Lipinski definition) is 2. The molecule has 2 rings (SSSR count). The third kappa shape index (κ3) is 3.33. The van der Waals surface area contributed by atoms with E-state index in [9.17, 15) is 14.9 Å². The van der Waals surface area contributed by atoms with Crippen molar-refractivity contribution in [2.24, 2.45) is 5.73 Å². The van der Waals surface area contributed by atoms with Gasteiger partial charge in [0.1, 0.15) is 0 Å². The Hall–Kier alpha value is -1.95. The highest BCUT2D eigenvalue weighted by molar-refractivity contribution is 5.79. The third-order valence-corrected chi connectivity index (χ3v) is 3.87. The molecule has 1 aromatic rings. The molecule has 1 aliphatic carbocycles. The van der Waals surface area contributed by atoms with Crippen LogP contribution in [0.15, 0.2) is 24.3 Å². The Morgan fingerprint density at radius 3 is 2.40 bits per heavy atom. The van der Waals surface area contributed by atoms with Crippen molar-refractivity contribution in [1.29, 1.82) is 0 Å². The summed E-state index contributed by atoms with van der Waals surface area (Å²) in [6.45, 7) is 0.457. The van der Waals surface area contributed by atoms with E-state index in [0.29, 0.717) is 6.54 Å². The number of nitro groups is 1. The fourth-order valence-corrected chi connectivity index (χ4v) is 2.69. The lowest BCUT2D eigenvalue weighted by Gasteiger charge is -2.28. The van der Waals surface area contributed by atoms with Crippen molar-refractivity contribution in [2.75, 3.05) is 6.54 Å². The number of carbonyl (C=O) groups is 1. The molecule has 6 nitrogen and oxygen atoms in total. The second kappa shape index (κ2) is 6.00. The molecule has 3 N–H and O–H groups in total. The minimum atomic E-state index is -0.453. The number of carbonyl (C=O) groups excluding carboxylic acids is 1. The van der Waals surface area contributed by atoms with Gasteiger partial charge < -0.3 is 11.1 Å². The number of hydrogen-bond acceptors (Lipinski definition) is 4. The van der Waals surface area contributed by atoms with E-state index < -0.39 is 4.92 Å². The molecule has 108 valence electrons. The van der Waals surface area contributed by atoms with Crippen LogP contribution >= 0.6 is 0 Å². The van der Waals surface area contributed by atoms with Crippen LogP contribution in [0.5, 0.6) is 0 Å². The van der Waals surface area contributed by atoms with Crippen molar-refractivity contribution in [1.82, 2.24) is 5.32 Å². The molecule has 0 bridgehead atoms. The number of non-ortho nitro benzene ring substituents is 1. The summed E-state index contributed by atoms with van der Waals surface area (Å²) in [4.78, 5) is 22.2. The van der Waals surface area contributed by atoms with Gasteiger partial charge in [0.05, 0.1) is 16.9 Å². The molecule has 0 radical (unpaired) electrons. The number of nitrogens with two attached hydrogens (primary N) is 1. The molecule has 1 saturated carbocycles. The zero-order valence-corrected chi connectivity index (χ0v) is 11.3. The van der Waals surface area contributed by atoms with Gasteiger partial charge in [0.25, 0.3) is 5.69 Å². The average Bonchev–Trinajstić information content (AvgIpc) is 2.88. The van der Waals surface area contributed by atoms with Crippen molar-refractivity contribution < 1.29 is 9.72 Å². The molecule has 0 unspecified atom stereocenters. The lowest BCUT2D eigenvalue weighted by Crippen LogP contribution is -2.52. The molecule has 0 aliphatic heterocycles. The second-order valence-corrected chi connectivity index (χ2v) is 5.34. The first-order valence-electron chi connectivity index (χ1n) is 6.79. The van der Waals surface area contributed by atoms with Crippen LogP contribution in [0.4, 0.5) is 5.69 Å². The summed E-state index contributed by atoms with van der Waals surface area (Å²) >= 11 is 0. The van der Waals surface area contributed by atoms with Gasteiger partial charge in [0, 0.05) is 18.7 Å². The van der Waals surface area contributed by atoms with Crippen LogP contribution in [0.2, 0.25) is 0 Å². The lowest BCUT2D eigenvalue weighted by molar-refractivity contribution is -0.384. The summed E-state index contributed by atoms with van der Waals surface area (Å²) in [5.74, 6) is -0.0776. The molecule has 0 saturated heterocycles. The third-order valence-electron chi connectivity index (χ3n) is 3.87. The largest absolute Gasteiger partial charge is 0.349 e. The Morgan fingerprint density at radius 2 is 1.90 bits per heavy atom. The number of benzene rings is 1. The van der Waals surface area contributed by atoms with E-state index in [1.807, 2.05) is 0 Å². The highest BCUT2D eigenvalue weighted by Crippen LogP contribution is 2.28. The van der Waals surface area contributed by atoms with Gasteiger partial charge >= 0.3 is 0 Å². The van der Waals surface area contributed by atoms with Gasteiger partial charge in [-0.15, -0.1) is 0 Å². The maximum Gasteiger partial charge on any atom is 0.269 e. The smallest absolute Gasteiger partial charge is 0.269 e. The van der Waals surface area contributed by atoms with Gasteiger partial charge in [-0.3, -0.25) is 14.9 Å². The van der Waals surface area contributed by atoms with Crippen LogP contribution in [0.3, 0.4) is 0 Å². The van der Waals surface area contributed by atoms with E-state index >= 15 is 0 Å². The average molecular weight is 277 g/mol. The Labute approximate surface area is 117 Å². The lowest BCUT2D eigenvalue weighted by atomic mass is 9.97. The fourth-order valence-electron chi connectivity index (χ4n) is 2.69. The van der Waals surface area contributed by atoms with Crippen molar-refractivity contribution in [3.05, 3.63) is 39.9 Å². The highest BCUT2D eigenvalue weighted by atomic mass is 16.6. The summed E-state index contributed by atoms with van der Waals surface area (Å²) in [7, 11) is 0. The van der Waals surface area contributed by atoms with Crippen LogP contribution in [-0.2, 0) is 11.2 Å². The molecule has 1 amide bonds. The summed E-state index contributed by atoms with van der Waals surface area (Å²) in [6, 6.07) is 6.05. The molecule has 6 heteroatoms. The van der Waals surface area contributed by atoms with Crippen molar-refractivity contribution in [3.8, 4) is 0 Å². The normalized spacial score (nSPS) is 16.9. The van der Waals surface area contributed by atoms with Gasteiger partial charge in [0.2, 0.25) is 5.91 Å². The second-order valence-electron chi connectivity index (χ2n) is 5.34. The summed E-state index contributed by atoms with van der Waals surface area (Å²) in [6.07, 6.45) is 4.26. The zero-order chi connectivity index (χ0) is 14.6. The number of nitrogens with one attached hydrogen (secondary N) is 1. The summed E-state index contributed by atoms with van der Waals surface area (Å²) in [5.41, 5.74) is 6.32. The Morgan fingerprint density at radius 1 is 1.30 bits per heavy atom. The van der Waals surface area contributed by atoms with E-state index in [1.165, 1.54) is 12.1 Å². The van der Waals surface area contributed by atoms with Crippen LogP contribution < -0.4 is 11.1 Å². The zero-order valence-electron chi connectivity index (χ0n) is 11.3. The van der Waals surface area contributed by atoms with E-state index in [1.54, 1.807) is 12.1 Å². The first-order valence-corrected chi connectivity index (χ1v) is 6.79. The molecule has 1 aromatic carbocycles. The Bertz CT molecular complexity index is 493. The number of nitro benzene ring substituents is 1. The maximum atomic E-state index is 12.1. The first-order chi connectivity index (χ1) is 9.54. The molecule has 0 atom stereocenters. The van der Waals surface area contributed by atoms with E-state index in [2.05, 4.69) is 5.32 Å². The minimum Gasteiger partial charge on any atom is -0.349 e. The molecule has 1 fully saturated rings. The highest BCUT2D eigenvalue weighted by Gasteiger charge is 2.33. The Balaban J connectivity index is 1.95. The molecular formula is C14H19N3O3. The van der Waals surface area contributed by atoms with Crippen LogP contribution in [0.25, 0.3) is 0 Å². The molecular weight excluding hydrogens is 258 g/mol. The van der Waals surface area contributed by atoms with Crippen molar-refractivity contribution in [2.45, 2.75) is 37.6 Å². The SMILES string of the molecule is NCC1(NC(=O)Cc2ccc([N+](=O)[O-])cc2)CCCC1. The van der Waals surface area contributed by atoms with Crippen LogP contribution in [0.1, 0.15) is 31.2 Å². The minimum absolute atomic E-state index is 0.0309. The van der Waals surface area contributed by atoms with E-state index in [-0.39, 0.29) is 23.6 Å². The standard InChI is InChI=1S/C14H19N3O3/c15-10-14(7-1-2-8-14)16-13(18)9-11-3-5-12(6-4-11)17(19)20/h3-6H,1-2,7-10,15H2,(H,16,18). The molecule has 0 heterocycles. The topological polar surface area (TPSA) is 98.3 Å². The molecule has 0 spiro atoms. The monoisotopic (exact) mass is 277 g/mol. The summed E-state index contributed by atoms with van der Waals surface area (Å²) in [5, 5.41) is 13.6. The van der Waals surface area contributed by atoms with Crippen LogP contribution in [0, 0.1) is 10.1 Å². The quantitative estimate of drug-likeness (QED) is 0.629. The van der Waals surface area contributed by atoms with Gasteiger partial charge in [-0.1, -0.05) is 25.0 Å². The van der Waals surface area contributed by atoms with Gasteiger partial charge in [-0.25, -0.2) is 0 Å². The summed E-state index contributed by atoms with van der Waals surface area (Å²) < 4.78 is 0. The number of nitrogens with zero attached hydrogens (tertiary/aromatic N) is 1. The van der Waals surface area contributed by atoms with Gasteiger partial charge in [-0.2, -0.15) is 0 Å². The molecule has 1 aliphatic rings. The Kier molecular flexibility index (Phi) is 4.34. The molecule has 20 heavy (non-hydrogen) atoms. The predicted molar refractivity (Wildman–Crippen MR) is 75.2 cm³/mol. The van der Waals surface area contributed by atoms with Crippen LogP contribution in [-0.4, -0.2) is 22.9 Å². The number of rotatable bonds is 5. The van der Waals surface area contributed by atoms with E-state index in [0.717, 1.165) is 31.2 Å². The first kappa shape index (κ1) is 14.5. The predicted octanol–water partition coefficient (Wildman–Crippen LogP) is 1.52.